The van der Waals surface area contributed by atoms with Crippen LogP contribution in [-0.4, -0.2) is 16.8 Å². The van der Waals surface area contributed by atoms with E-state index in [-0.39, 0.29) is 11.4 Å². The molecule has 0 saturated heterocycles. The molecule has 1 aromatic heterocycles. The van der Waals surface area contributed by atoms with Gasteiger partial charge in [-0.2, -0.15) is 0 Å². The summed E-state index contributed by atoms with van der Waals surface area (Å²) in [6, 6.07) is 12.4. The molecule has 4 rings (SSSR count). The van der Waals surface area contributed by atoms with E-state index in [2.05, 4.69) is 15.6 Å². The van der Waals surface area contributed by atoms with Gasteiger partial charge in [0.2, 0.25) is 11.8 Å². The molecule has 2 aromatic carbocycles. The van der Waals surface area contributed by atoms with E-state index >= 15 is 0 Å². The predicted molar refractivity (Wildman–Crippen MR) is 119 cm³/mol. The molecule has 0 atom stereocenters. The molecule has 33 heavy (non-hydrogen) atoms. The van der Waals surface area contributed by atoms with Gasteiger partial charge in [0.25, 0.3) is 0 Å². The molecule has 7 nitrogen and oxygen atoms in total. The molecule has 9 heteroatoms. The Morgan fingerprint density at radius 3 is 2.27 bits per heavy atom. The second kappa shape index (κ2) is 9.07. The zero-order chi connectivity index (χ0) is 23.4. The first kappa shape index (κ1) is 21.9. The van der Waals surface area contributed by atoms with Crippen molar-refractivity contribution in [2.45, 2.75) is 12.8 Å². The number of benzene rings is 2. The van der Waals surface area contributed by atoms with Crippen LogP contribution in [0.2, 0.25) is 0 Å². The monoisotopic (exact) mass is 450 g/mol. The molecular formula is C24H20F2N4O3. The van der Waals surface area contributed by atoms with Gasteiger partial charge in [-0.15, -0.1) is 0 Å². The first-order chi connectivity index (χ1) is 15.9. The van der Waals surface area contributed by atoms with Crippen LogP contribution in [-0.2, 0) is 9.59 Å². The van der Waals surface area contributed by atoms with Crippen molar-refractivity contribution >= 4 is 29.3 Å². The number of ether oxygens (including phenoxy) is 1. The SMILES string of the molecule is NC=Cc1ncccc1Oc1ccc(NC(=O)C2(C(=O)Nc3ccc(F)cc3)CC2)cc1F. The van der Waals surface area contributed by atoms with Crippen LogP contribution in [0.3, 0.4) is 0 Å². The lowest BCUT2D eigenvalue weighted by atomic mass is 10.0. The summed E-state index contributed by atoms with van der Waals surface area (Å²) in [6.45, 7) is 0. The van der Waals surface area contributed by atoms with Crippen molar-refractivity contribution in [2.75, 3.05) is 10.6 Å². The van der Waals surface area contributed by atoms with Gasteiger partial charge in [0.1, 0.15) is 16.9 Å². The van der Waals surface area contributed by atoms with E-state index < -0.39 is 28.9 Å². The quantitative estimate of drug-likeness (QED) is 0.462. The van der Waals surface area contributed by atoms with Crippen molar-refractivity contribution in [3.8, 4) is 11.5 Å². The fraction of sp³-hybridized carbons (Fsp3) is 0.125. The Morgan fingerprint density at radius 1 is 0.970 bits per heavy atom. The summed E-state index contributed by atoms with van der Waals surface area (Å²) in [5, 5.41) is 5.21. The lowest BCUT2D eigenvalue weighted by Crippen LogP contribution is -2.35. The highest BCUT2D eigenvalue weighted by atomic mass is 19.1. The maximum atomic E-state index is 14.6. The molecule has 1 aliphatic carbocycles. The fourth-order valence-corrected chi connectivity index (χ4v) is 3.20. The Morgan fingerprint density at radius 2 is 1.64 bits per heavy atom. The Bertz CT molecular complexity index is 1220. The van der Waals surface area contributed by atoms with E-state index in [9.17, 15) is 18.4 Å². The van der Waals surface area contributed by atoms with Gasteiger partial charge in [0, 0.05) is 23.6 Å². The number of hydrogen-bond acceptors (Lipinski definition) is 5. The van der Waals surface area contributed by atoms with E-state index in [1.807, 2.05) is 0 Å². The maximum Gasteiger partial charge on any atom is 0.240 e. The fourth-order valence-electron chi connectivity index (χ4n) is 3.20. The van der Waals surface area contributed by atoms with Gasteiger partial charge in [0.15, 0.2) is 17.3 Å². The summed E-state index contributed by atoms with van der Waals surface area (Å²) in [4.78, 5) is 29.5. The van der Waals surface area contributed by atoms with Crippen LogP contribution >= 0.6 is 0 Å². The predicted octanol–water partition coefficient (Wildman–Crippen LogP) is 4.44. The Balaban J connectivity index is 1.44. The van der Waals surface area contributed by atoms with Gasteiger partial charge in [-0.3, -0.25) is 14.6 Å². The molecule has 4 N–H and O–H groups in total. The Labute approximate surface area is 188 Å². The highest BCUT2D eigenvalue weighted by molar-refractivity contribution is 6.16. The molecule has 1 saturated carbocycles. The third kappa shape index (κ3) is 4.82. The van der Waals surface area contributed by atoms with E-state index in [0.717, 1.165) is 6.07 Å². The molecule has 1 aliphatic rings. The number of aromatic nitrogens is 1. The van der Waals surface area contributed by atoms with Gasteiger partial charge in [-0.25, -0.2) is 8.78 Å². The number of nitrogens with two attached hydrogens (primary N) is 1. The first-order valence-corrected chi connectivity index (χ1v) is 10.1. The van der Waals surface area contributed by atoms with Crippen LogP contribution in [0.5, 0.6) is 11.5 Å². The highest BCUT2D eigenvalue weighted by Gasteiger charge is 2.56. The number of carbonyl (C=O) groups is 2. The lowest BCUT2D eigenvalue weighted by Gasteiger charge is -2.16. The molecule has 168 valence electrons. The second-order valence-electron chi connectivity index (χ2n) is 7.49. The molecular weight excluding hydrogens is 430 g/mol. The zero-order valence-corrected chi connectivity index (χ0v) is 17.3. The number of nitrogens with zero attached hydrogens (tertiary/aromatic N) is 1. The first-order valence-electron chi connectivity index (χ1n) is 10.1. The number of halogens is 2. The molecule has 3 aromatic rings. The van der Waals surface area contributed by atoms with E-state index in [1.54, 1.807) is 18.3 Å². The largest absolute Gasteiger partial charge is 0.452 e. The number of nitrogens with one attached hydrogen (secondary N) is 2. The summed E-state index contributed by atoms with van der Waals surface area (Å²) >= 11 is 0. The minimum absolute atomic E-state index is 0.0668. The molecule has 1 fully saturated rings. The van der Waals surface area contributed by atoms with Crippen LogP contribution in [0.1, 0.15) is 18.5 Å². The molecule has 0 radical (unpaired) electrons. The molecule has 2 amide bonds. The Kier molecular flexibility index (Phi) is 6.03. The van der Waals surface area contributed by atoms with Crippen molar-refractivity contribution in [1.29, 1.82) is 0 Å². The number of carbonyl (C=O) groups excluding carboxylic acids is 2. The standard InChI is InChI=1S/C24H20F2N4O3/c25-15-3-5-16(6-4-15)29-22(31)24(10-11-24)23(32)30-17-7-8-20(18(26)14-17)33-21-2-1-13-28-19(21)9-12-27/h1-9,12-14H,10-11,27H2,(H,29,31)(H,30,32). The van der Waals surface area contributed by atoms with Crippen LogP contribution in [0, 0.1) is 17.0 Å². The zero-order valence-electron chi connectivity index (χ0n) is 17.3. The number of hydrogen-bond donors (Lipinski definition) is 3. The minimum atomic E-state index is -1.25. The topological polar surface area (TPSA) is 106 Å². The number of anilines is 2. The molecule has 0 unspecified atom stereocenters. The van der Waals surface area contributed by atoms with Crippen molar-refractivity contribution in [2.24, 2.45) is 11.1 Å². The summed E-state index contributed by atoms with van der Waals surface area (Å²) < 4.78 is 33.3. The third-order valence-electron chi connectivity index (χ3n) is 5.18. The van der Waals surface area contributed by atoms with Crippen LogP contribution in [0.15, 0.2) is 67.0 Å². The van der Waals surface area contributed by atoms with Gasteiger partial charge in [-0.1, -0.05) is 0 Å². The Hall–Kier alpha value is -4.27. The van der Waals surface area contributed by atoms with E-state index in [0.29, 0.717) is 30.0 Å². The van der Waals surface area contributed by atoms with Crippen molar-refractivity contribution < 1.29 is 23.1 Å². The van der Waals surface area contributed by atoms with Gasteiger partial charge in [0.05, 0.1) is 0 Å². The van der Waals surface area contributed by atoms with Crippen LogP contribution < -0.4 is 21.1 Å². The molecule has 0 spiro atoms. The smallest absolute Gasteiger partial charge is 0.240 e. The van der Waals surface area contributed by atoms with Gasteiger partial charge < -0.3 is 21.1 Å². The second-order valence-corrected chi connectivity index (χ2v) is 7.49. The lowest BCUT2D eigenvalue weighted by molar-refractivity contribution is -0.131. The summed E-state index contributed by atoms with van der Waals surface area (Å²) in [6.07, 6.45) is 5.08. The summed E-state index contributed by atoms with van der Waals surface area (Å²) in [7, 11) is 0. The van der Waals surface area contributed by atoms with Crippen molar-refractivity contribution in [3.63, 3.8) is 0 Å². The van der Waals surface area contributed by atoms with Crippen molar-refractivity contribution in [3.05, 3.63) is 84.3 Å². The average Bonchev–Trinajstić information content (AvgIpc) is 3.61. The number of pyridine rings is 1. The summed E-state index contributed by atoms with van der Waals surface area (Å²) in [5.74, 6) is -1.94. The third-order valence-corrected chi connectivity index (χ3v) is 5.18. The maximum absolute atomic E-state index is 14.6. The van der Waals surface area contributed by atoms with Crippen molar-refractivity contribution in [1.82, 2.24) is 4.98 Å². The normalized spacial score (nSPS) is 14.0. The number of amides is 2. The summed E-state index contributed by atoms with van der Waals surface area (Å²) in [5.41, 5.74) is 5.14. The van der Waals surface area contributed by atoms with E-state index in [4.69, 9.17) is 10.5 Å². The molecule has 1 heterocycles. The van der Waals surface area contributed by atoms with Gasteiger partial charge >= 0.3 is 0 Å². The van der Waals surface area contributed by atoms with E-state index in [1.165, 1.54) is 48.7 Å². The van der Waals surface area contributed by atoms with Crippen LogP contribution in [0.25, 0.3) is 6.08 Å². The molecule has 0 bridgehead atoms. The highest BCUT2D eigenvalue weighted by Crippen LogP contribution is 2.47. The van der Waals surface area contributed by atoms with Crippen LogP contribution in [0.4, 0.5) is 20.2 Å². The molecule has 0 aliphatic heterocycles. The van der Waals surface area contributed by atoms with Gasteiger partial charge in [-0.05, 0) is 73.6 Å². The average molecular weight is 450 g/mol. The number of rotatable bonds is 7. The minimum Gasteiger partial charge on any atom is -0.452 e.